The third-order valence-corrected chi connectivity index (χ3v) is 3.98. The molecule has 2 aromatic heterocycles. The summed E-state index contributed by atoms with van der Waals surface area (Å²) in [5, 5.41) is 21.0. The maximum Gasteiger partial charge on any atom is 0.254 e. The van der Waals surface area contributed by atoms with Crippen LogP contribution in [0, 0.1) is 0 Å². The molecule has 7 heteroatoms. The van der Waals surface area contributed by atoms with Crippen LogP contribution >= 0.6 is 0 Å². The second-order valence-electron chi connectivity index (χ2n) is 5.88. The smallest absolute Gasteiger partial charge is 0.254 e. The highest BCUT2D eigenvalue weighted by Gasteiger charge is 2.17. The first-order valence-corrected chi connectivity index (χ1v) is 8.12. The summed E-state index contributed by atoms with van der Waals surface area (Å²) in [4.78, 5) is 12.5. The van der Waals surface area contributed by atoms with Crippen molar-refractivity contribution in [3.05, 3.63) is 71.8 Å². The molecule has 0 aliphatic heterocycles. The number of carbonyl (C=O) groups is 1. The number of hydrogen-bond acceptors (Lipinski definition) is 4. The molecule has 0 fully saturated rings. The molecular formula is C18H21N5O2. The molecule has 0 bridgehead atoms. The van der Waals surface area contributed by atoms with E-state index in [2.05, 4.69) is 15.5 Å². The highest BCUT2D eigenvalue weighted by molar-refractivity contribution is 5.95. The zero-order valence-electron chi connectivity index (χ0n) is 14.0. The minimum atomic E-state index is -0.710. The first-order chi connectivity index (χ1) is 12.1. The van der Waals surface area contributed by atoms with Crippen molar-refractivity contribution in [3.8, 4) is 0 Å². The maximum atomic E-state index is 12.5. The summed E-state index contributed by atoms with van der Waals surface area (Å²) in [6.45, 7) is 0.482. The fourth-order valence-corrected chi connectivity index (χ4v) is 2.65. The number of aryl methyl sites for hydroxylation is 1. The predicted molar refractivity (Wildman–Crippen MR) is 93.0 cm³/mol. The van der Waals surface area contributed by atoms with Gasteiger partial charge in [-0.1, -0.05) is 30.3 Å². The van der Waals surface area contributed by atoms with Gasteiger partial charge in [-0.05, 0) is 11.6 Å². The molecule has 2 N–H and O–H groups in total. The highest BCUT2D eigenvalue weighted by Crippen LogP contribution is 2.13. The summed E-state index contributed by atoms with van der Waals surface area (Å²) in [7, 11) is 1.82. The second kappa shape index (κ2) is 7.76. The molecule has 1 atom stereocenters. The molecule has 3 rings (SSSR count). The molecule has 2 heterocycles. The Balaban J connectivity index is 1.62. The van der Waals surface area contributed by atoms with Crippen molar-refractivity contribution in [2.45, 2.75) is 19.1 Å². The lowest BCUT2D eigenvalue weighted by molar-refractivity contribution is 0.0899. The molecule has 7 nitrogen and oxygen atoms in total. The Labute approximate surface area is 145 Å². The van der Waals surface area contributed by atoms with E-state index in [9.17, 15) is 9.90 Å². The zero-order chi connectivity index (χ0) is 17.6. The number of benzene rings is 1. The van der Waals surface area contributed by atoms with Gasteiger partial charge in [0.05, 0.1) is 30.1 Å². The molecule has 1 amide bonds. The molecule has 1 unspecified atom stereocenters. The van der Waals surface area contributed by atoms with E-state index in [1.807, 2.05) is 37.4 Å². The summed E-state index contributed by atoms with van der Waals surface area (Å²) < 4.78 is 3.34. The number of aromatic nitrogens is 4. The monoisotopic (exact) mass is 339 g/mol. The molecule has 0 aliphatic carbocycles. The molecule has 0 aliphatic rings. The molecule has 0 saturated carbocycles. The summed E-state index contributed by atoms with van der Waals surface area (Å²) in [6, 6.07) is 11.7. The van der Waals surface area contributed by atoms with E-state index in [0.717, 1.165) is 11.3 Å². The highest BCUT2D eigenvalue weighted by atomic mass is 16.3. The second-order valence-corrected chi connectivity index (χ2v) is 5.88. The Hall–Kier alpha value is -2.93. The van der Waals surface area contributed by atoms with Gasteiger partial charge in [0.25, 0.3) is 5.91 Å². The van der Waals surface area contributed by atoms with Crippen LogP contribution in [0.5, 0.6) is 0 Å². The van der Waals surface area contributed by atoms with Gasteiger partial charge in [-0.2, -0.15) is 10.2 Å². The van der Waals surface area contributed by atoms with Crippen molar-refractivity contribution in [3.63, 3.8) is 0 Å². The minimum absolute atomic E-state index is 0.151. The third-order valence-electron chi connectivity index (χ3n) is 3.98. The van der Waals surface area contributed by atoms with Crippen LogP contribution in [0.3, 0.4) is 0 Å². The lowest BCUT2D eigenvalue weighted by atomic mass is 10.1. The number of carbonyl (C=O) groups excluding carboxylic acids is 1. The van der Waals surface area contributed by atoms with Gasteiger partial charge in [-0.25, -0.2) is 0 Å². The van der Waals surface area contributed by atoms with Gasteiger partial charge < -0.3 is 10.4 Å². The van der Waals surface area contributed by atoms with Crippen molar-refractivity contribution < 1.29 is 9.90 Å². The number of aliphatic hydroxyl groups excluding tert-OH is 1. The van der Waals surface area contributed by atoms with Crippen LogP contribution in [-0.4, -0.2) is 43.2 Å². The van der Waals surface area contributed by atoms with Crippen LogP contribution in [0.1, 0.15) is 21.6 Å². The van der Waals surface area contributed by atoms with Crippen LogP contribution in [-0.2, 0) is 20.0 Å². The topological polar surface area (TPSA) is 85.0 Å². The third kappa shape index (κ3) is 4.33. The number of aliphatic hydroxyl groups is 1. The first kappa shape index (κ1) is 16.9. The van der Waals surface area contributed by atoms with E-state index in [-0.39, 0.29) is 12.5 Å². The van der Waals surface area contributed by atoms with Crippen molar-refractivity contribution in [2.75, 3.05) is 6.54 Å². The Morgan fingerprint density at radius 2 is 2.04 bits per heavy atom. The maximum absolute atomic E-state index is 12.5. The van der Waals surface area contributed by atoms with Crippen molar-refractivity contribution >= 4 is 5.91 Å². The summed E-state index contributed by atoms with van der Waals surface area (Å²) >= 11 is 0. The van der Waals surface area contributed by atoms with Crippen molar-refractivity contribution in [2.24, 2.45) is 7.05 Å². The number of amides is 1. The van der Waals surface area contributed by atoms with Gasteiger partial charge in [0.1, 0.15) is 0 Å². The van der Waals surface area contributed by atoms with Gasteiger partial charge in [0.2, 0.25) is 0 Å². The molecule has 25 heavy (non-hydrogen) atoms. The lowest BCUT2D eigenvalue weighted by Crippen LogP contribution is -2.34. The summed E-state index contributed by atoms with van der Waals surface area (Å²) in [5.74, 6) is -0.237. The lowest BCUT2D eigenvalue weighted by Gasteiger charge is -2.12. The number of nitrogens with one attached hydrogen (secondary N) is 1. The fourth-order valence-electron chi connectivity index (χ4n) is 2.65. The quantitative estimate of drug-likeness (QED) is 0.672. The van der Waals surface area contributed by atoms with E-state index in [0.29, 0.717) is 18.5 Å². The minimum Gasteiger partial charge on any atom is -0.389 e. The zero-order valence-corrected chi connectivity index (χ0v) is 14.0. The predicted octanol–water partition coefficient (Wildman–Crippen LogP) is 0.998. The SMILES string of the molecule is Cn1ncc(C(=O)NCC(O)Cn2cccn2)c1Cc1ccccc1. The van der Waals surface area contributed by atoms with Gasteiger partial charge >= 0.3 is 0 Å². The van der Waals surface area contributed by atoms with Crippen molar-refractivity contribution in [1.82, 2.24) is 24.9 Å². The van der Waals surface area contributed by atoms with Crippen LogP contribution in [0.2, 0.25) is 0 Å². The van der Waals surface area contributed by atoms with E-state index in [1.54, 1.807) is 34.0 Å². The molecule has 0 saturated heterocycles. The van der Waals surface area contributed by atoms with Crippen molar-refractivity contribution in [1.29, 1.82) is 0 Å². The number of hydrogen-bond donors (Lipinski definition) is 2. The molecular weight excluding hydrogens is 318 g/mol. The first-order valence-electron chi connectivity index (χ1n) is 8.12. The Kier molecular flexibility index (Phi) is 5.25. The van der Waals surface area contributed by atoms with Crippen LogP contribution < -0.4 is 5.32 Å². The summed E-state index contributed by atoms with van der Waals surface area (Å²) in [6.07, 6.45) is 4.89. The molecule has 3 aromatic rings. The average Bonchev–Trinajstić information content (AvgIpc) is 3.24. The van der Waals surface area contributed by atoms with Gasteiger partial charge in [-0.15, -0.1) is 0 Å². The Bertz CT molecular complexity index is 811. The standard InChI is InChI=1S/C18H21N5O2/c1-22-17(10-14-6-3-2-4-7-14)16(12-21-22)18(25)19-11-15(24)13-23-9-5-8-20-23/h2-9,12,15,24H,10-11,13H2,1H3,(H,19,25). The Morgan fingerprint density at radius 3 is 2.76 bits per heavy atom. The Morgan fingerprint density at radius 1 is 1.24 bits per heavy atom. The summed E-state index contributed by atoms with van der Waals surface area (Å²) in [5.41, 5.74) is 2.47. The fraction of sp³-hybridized carbons (Fsp3) is 0.278. The van der Waals surface area contributed by atoms with E-state index in [4.69, 9.17) is 0 Å². The van der Waals surface area contributed by atoms with Gasteiger partial charge in [0, 0.05) is 32.4 Å². The number of rotatable bonds is 7. The normalized spacial score (nSPS) is 12.1. The van der Waals surface area contributed by atoms with Crippen LogP contribution in [0.15, 0.2) is 55.0 Å². The number of nitrogens with zero attached hydrogens (tertiary/aromatic N) is 4. The van der Waals surface area contributed by atoms with E-state index in [1.165, 1.54) is 0 Å². The van der Waals surface area contributed by atoms with Crippen LogP contribution in [0.4, 0.5) is 0 Å². The molecule has 0 radical (unpaired) electrons. The van der Waals surface area contributed by atoms with Gasteiger partial charge in [0.15, 0.2) is 0 Å². The van der Waals surface area contributed by atoms with Crippen LogP contribution in [0.25, 0.3) is 0 Å². The molecule has 0 spiro atoms. The molecule has 1 aromatic carbocycles. The average molecular weight is 339 g/mol. The largest absolute Gasteiger partial charge is 0.389 e. The van der Waals surface area contributed by atoms with Gasteiger partial charge in [-0.3, -0.25) is 14.2 Å². The van der Waals surface area contributed by atoms with E-state index >= 15 is 0 Å². The molecule has 130 valence electrons. The van der Waals surface area contributed by atoms with E-state index < -0.39 is 6.10 Å².